The van der Waals surface area contributed by atoms with Crippen LogP contribution in [0, 0.1) is 0 Å². The van der Waals surface area contributed by atoms with E-state index in [4.69, 9.17) is 9.47 Å². The molecule has 0 spiro atoms. The summed E-state index contributed by atoms with van der Waals surface area (Å²) in [4.78, 5) is 14.6. The fourth-order valence-electron chi connectivity index (χ4n) is 2.93. The second-order valence-corrected chi connectivity index (χ2v) is 5.30. The molecule has 4 rings (SSSR count). The lowest BCUT2D eigenvalue weighted by atomic mass is 9.97. The first-order chi connectivity index (χ1) is 10.3. The van der Waals surface area contributed by atoms with Gasteiger partial charge in [0.05, 0.1) is 5.56 Å². The van der Waals surface area contributed by atoms with E-state index in [-0.39, 0.29) is 12.7 Å². The van der Waals surface area contributed by atoms with E-state index in [1.54, 1.807) is 0 Å². The van der Waals surface area contributed by atoms with Crippen LogP contribution in [0.4, 0.5) is 0 Å². The average Bonchev–Trinajstić information content (AvgIpc) is 2.99. The molecule has 0 saturated carbocycles. The third kappa shape index (κ3) is 2.03. The quantitative estimate of drug-likeness (QED) is 0.849. The Bertz CT molecular complexity index is 697. The number of nitrogens with zero attached hydrogens (tertiary/aromatic N) is 1. The fraction of sp³-hybridized carbons (Fsp3) is 0.235. The molecular formula is C17H15NO3. The second-order valence-electron chi connectivity index (χ2n) is 5.30. The minimum absolute atomic E-state index is 0.0300. The number of fused-ring (bicyclic) bond motifs is 3. The van der Waals surface area contributed by atoms with Crippen LogP contribution in [0.1, 0.15) is 21.5 Å². The van der Waals surface area contributed by atoms with Gasteiger partial charge in [-0.25, -0.2) is 0 Å². The predicted molar refractivity (Wildman–Crippen MR) is 77.5 cm³/mol. The number of amides is 1. The van der Waals surface area contributed by atoms with Gasteiger partial charge >= 0.3 is 0 Å². The number of carbonyl (C=O) groups excluding carboxylic acids is 1. The number of carbonyl (C=O) groups is 1. The number of hydrogen-bond donors (Lipinski definition) is 0. The van der Waals surface area contributed by atoms with Gasteiger partial charge in [0.25, 0.3) is 5.91 Å². The molecule has 0 aliphatic carbocycles. The lowest BCUT2D eigenvalue weighted by Crippen LogP contribution is -2.37. The molecule has 21 heavy (non-hydrogen) atoms. The third-order valence-corrected chi connectivity index (χ3v) is 3.99. The van der Waals surface area contributed by atoms with Crippen molar-refractivity contribution in [1.82, 2.24) is 4.90 Å². The number of hydrogen-bond acceptors (Lipinski definition) is 3. The molecule has 0 radical (unpaired) electrons. The van der Waals surface area contributed by atoms with E-state index in [1.807, 2.05) is 47.4 Å². The molecule has 4 heteroatoms. The lowest BCUT2D eigenvalue weighted by molar-refractivity contribution is 0.0721. The molecule has 2 aromatic rings. The van der Waals surface area contributed by atoms with E-state index in [2.05, 4.69) is 0 Å². The van der Waals surface area contributed by atoms with Crippen molar-refractivity contribution in [3.63, 3.8) is 0 Å². The highest BCUT2D eigenvalue weighted by Crippen LogP contribution is 2.39. The highest BCUT2D eigenvalue weighted by molar-refractivity contribution is 6.00. The summed E-state index contributed by atoms with van der Waals surface area (Å²) < 4.78 is 10.9. The average molecular weight is 281 g/mol. The van der Waals surface area contributed by atoms with Gasteiger partial charge in [-0.05, 0) is 23.6 Å². The van der Waals surface area contributed by atoms with E-state index < -0.39 is 0 Å². The Morgan fingerprint density at radius 1 is 1.05 bits per heavy atom. The van der Waals surface area contributed by atoms with Crippen molar-refractivity contribution in [2.45, 2.75) is 13.0 Å². The topological polar surface area (TPSA) is 38.8 Å². The van der Waals surface area contributed by atoms with Crippen molar-refractivity contribution in [2.75, 3.05) is 13.3 Å². The summed E-state index contributed by atoms with van der Waals surface area (Å²) in [5.74, 6) is 1.31. The van der Waals surface area contributed by atoms with Gasteiger partial charge in [0.2, 0.25) is 6.79 Å². The molecule has 2 aromatic carbocycles. The smallest absolute Gasteiger partial charge is 0.258 e. The maximum absolute atomic E-state index is 12.8. The van der Waals surface area contributed by atoms with Gasteiger partial charge in [-0.15, -0.1) is 0 Å². The third-order valence-electron chi connectivity index (χ3n) is 3.99. The molecule has 4 nitrogen and oxygen atoms in total. The van der Waals surface area contributed by atoms with Crippen LogP contribution < -0.4 is 9.47 Å². The molecule has 0 saturated heterocycles. The molecule has 0 bridgehead atoms. The van der Waals surface area contributed by atoms with Crippen molar-refractivity contribution in [3.05, 3.63) is 59.2 Å². The largest absolute Gasteiger partial charge is 0.454 e. The predicted octanol–water partition coefficient (Wildman–Crippen LogP) is 2.61. The number of rotatable bonds is 2. The second kappa shape index (κ2) is 4.81. The van der Waals surface area contributed by atoms with Crippen molar-refractivity contribution >= 4 is 5.91 Å². The van der Waals surface area contributed by atoms with Gasteiger partial charge in [-0.2, -0.15) is 0 Å². The molecular weight excluding hydrogens is 266 g/mol. The zero-order chi connectivity index (χ0) is 14.2. The van der Waals surface area contributed by atoms with E-state index >= 15 is 0 Å². The molecule has 1 amide bonds. The van der Waals surface area contributed by atoms with Gasteiger partial charge in [-0.3, -0.25) is 4.79 Å². The molecule has 2 aliphatic rings. The van der Waals surface area contributed by atoms with Crippen LogP contribution in [0.3, 0.4) is 0 Å². The summed E-state index contributed by atoms with van der Waals surface area (Å²) >= 11 is 0. The normalized spacial score (nSPS) is 16.0. The van der Waals surface area contributed by atoms with Crippen LogP contribution in [-0.4, -0.2) is 24.1 Å². The Labute approximate surface area is 122 Å². The van der Waals surface area contributed by atoms with E-state index in [1.165, 1.54) is 0 Å². The van der Waals surface area contributed by atoms with E-state index in [0.717, 1.165) is 24.1 Å². The number of benzene rings is 2. The highest BCUT2D eigenvalue weighted by atomic mass is 16.7. The van der Waals surface area contributed by atoms with Crippen LogP contribution in [-0.2, 0) is 13.0 Å². The maximum atomic E-state index is 12.8. The molecule has 0 fully saturated rings. The molecule has 0 N–H and O–H groups in total. The van der Waals surface area contributed by atoms with Gasteiger partial charge in [0, 0.05) is 13.1 Å². The molecule has 2 aliphatic heterocycles. The van der Waals surface area contributed by atoms with Gasteiger partial charge in [0.15, 0.2) is 11.5 Å². The molecule has 106 valence electrons. The van der Waals surface area contributed by atoms with Crippen molar-refractivity contribution in [2.24, 2.45) is 0 Å². The van der Waals surface area contributed by atoms with Crippen LogP contribution in [0.5, 0.6) is 11.5 Å². The van der Waals surface area contributed by atoms with E-state index in [0.29, 0.717) is 23.6 Å². The summed E-state index contributed by atoms with van der Waals surface area (Å²) in [6.45, 7) is 1.56. The van der Waals surface area contributed by atoms with Crippen molar-refractivity contribution < 1.29 is 14.3 Å². The van der Waals surface area contributed by atoms with Crippen molar-refractivity contribution in [1.29, 1.82) is 0 Å². The minimum atomic E-state index is 0.0300. The Morgan fingerprint density at radius 2 is 1.90 bits per heavy atom. The molecule has 0 aromatic heterocycles. The molecule has 0 unspecified atom stereocenters. The van der Waals surface area contributed by atoms with Crippen LogP contribution in [0.15, 0.2) is 42.5 Å². The van der Waals surface area contributed by atoms with Crippen molar-refractivity contribution in [3.8, 4) is 11.5 Å². The summed E-state index contributed by atoms with van der Waals surface area (Å²) in [6.07, 6.45) is 0.852. The minimum Gasteiger partial charge on any atom is -0.454 e. The van der Waals surface area contributed by atoms with E-state index in [9.17, 15) is 4.79 Å². The summed E-state index contributed by atoms with van der Waals surface area (Å²) in [5.41, 5.74) is 2.86. The van der Waals surface area contributed by atoms with Gasteiger partial charge < -0.3 is 14.4 Å². The maximum Gasteiger partial charge on any atom is 0.258 e. The molecule has 0 atom stereocenters. The standard InChI is InChI=1S/C17H15NO3/c19-17-15-13(6-7-14-16(15)21-11-20-14)8-9-18(17)10-12-4-2-1-3-5-12/h1-7H,8-11H2. The SMILES string of the molecule is O=C1c2c(ccc3c2OCO3)CCN1Cc1ccccc1. The Morgan fingerprint density at radius 3 is 2.76 bits per heavy atom. The monoisotopic (exact) mass is 281 g/mol. The molecule has 2 heterocycles. The first-order valence-electron chi connectivity index (χ1n) is 7.07. The van der Waals surface area contributed by atoms with Crippen LogP contribution >= 0.6 is 0 Å². The Kier molecular flexibility index (Phi) is 2.81. The highest BCUT2D eigenvalue weighted by Gasteiger charge is 2.31. The first kappa shape index (κ1) is 12.3. The van der Waals surface area contributed by atoms with Crippen LogP contribution in [0.25, 0.3) is 0 Å². The lowest BCUT2D eigenvalue weighted by Gasteiger charge is -2.29. The Balaban J connectivity index is 1.67. The first-order valence-corrected chi connectivity index (χ1v) is 7.07. The summed E-state index contributed by atoms with van der Waals surface area (Å²) in [7, 11) is 0. The van der Waals surface area contributed by atoms with Gasteiger partial charge in [0.1, 0.15) is 0 Å². The zero-order valence-corrected chi connectivity index (χ0v) is 11.5. The Hall–Kier alpha value is -2.49. The fourth-order valence-corrected chi connectivity index (χ4v) is 2.93. The zero-order valence-electron chi connectivity index (χ0n) is 11.5. The number of ether oxygens (including phenoxy) is 2. The van der Waals surface area contributed by atoms with Gasteiger partial charge in [-0.1, -0.05) is 36.4 Å². The summed E-state index contributed by atoms with van der Waals surface area (Å²) in [5, 5.41) is 0. The van der Waals surface area contributed by atoms with Crippen LogP contribution in [0.2, 0.25) is 0 Å². The summed E-state index contributed by atoms with van der Waals surface area (Å²) in [6, 6.07) is 13.9.